The Labute approximate surface area is 182 Å². The number of carbonyl (C=O) groups is 1. The summed E-state index contributed by atoms with van der Waals surface area (Å²) in [5.41, 5.74) is 1.79. The summed E-state index contributed by atoms with van der Waals surface area (Å²) in [6.45, 7) is 1.86. The summed E-state index contributed by atoms with van der Waals surface area (Å²) >= 11 is 5.86. The highest BCUT2D eigenvalue weighted by Crippen LogP contribution is 2.16. The van der Waals surface area contributed by atoms with Crippen molar-refractivity contribution < 1.29 is 13.2 Å². The fraction of sp³-hybridized carbons (Fsp3) is 0.174. The topological polar surface area (TPSA) is 75.3 Å². The molecule has 3 aromatic rings. The van der Waals surface area contributed by atoms with E-state index in [4.69, 9.17) is 11.6 Å². The standard InChI is InChI=1S/C23H23ClN2O3S/c1-17(19-10-6-3-7-11-19)25-23(27)22(16-18-8-4-2-5-9-18)26-30(28,29)21-14-12-20(24)13-15-21/h2-15,17,22,26H,16H2,1H3,(H,25,27)/t17-,22+/m0/s1. The zero-order valence-electron chi connectivity index (χ0n) is 16.5. The molecule has 2 atom stereocenters. The van der Waals surface area contributed by atoms with Gasteiger partial charge in [0.1, 0.15) is 6.04 Å². The molecule has 3 rings (SSSR count). The van der Waals surface area contributed by atoms with Crippen LogP contribution in [-0.4, -0.2) is 20.4 Å². The highest BCUT2D eigenvalue weighted by atomic mass is 35.5. The van der Waals surface area contributed by atoms with Crippen LogP contribution in [-0.2, 0) is 21.2 Å². The summed E-state index contributed by atoms with van der Waals surface area (Å²) in [4.78, 5) is 13.1. The molecule has 2 N–H and O–H groups in total. The number of hydrogen-bond acceptors (Lipinski definition) is 3. The lowest BCUT2D eigenvalue weighted by Crippen LogP contribution is -2.48. The van der Waals surface area contributed by atoms with Gasteiger partial charge in [0.15, 0.2) is 0 Å². The van der Waals surface area contributed by atoms with E-state index >= 15 is 0 Å². The monoisotopic (exact) mass is 442 g/mol. The second-order valence-electron chi connectivity index (χ2n) is 6.96. The molecule has 0 aliphatic rings. The molecular weight excluding hydrogens is 420 g/mol. The Kier molecular flexibility index (Phi) is 7.26. The first-order chi connectivity index (χ1) is 14.3. The maximum atomic E-state index is 13.0. The second-order valence-corrected chi connectivity index (χ2v) is 9.11. The first kappa shape index (κ1) is 22.0. The van der Waals surface area contributed by atoms with Gasteiger partial charge in [0.25, 0.3) is 0 Å². The molecule has 0 radical (unpaired) electrons. The van der Waals surface area contributed by atoms with E-state index < -0.39 is 22.0 Å². The lowest BCUT2D eigenvalue weighted by Gasteiger charge is -2.22. The summed E-state index contributed by atoms with van der Waals surface area (Å²) in [6, 6.07) is 23.4. The molecular formula is C23H23ClN2O3S. The van der Waals surface area contributed by atoms with Gasteiger partial charge in [-0.2, -0.15) is 4.72 Å². The maximum Gasteiger partial charge on any atom is 0.241 e. The largest absolute Gasteiger partial charge is 0.348 e. The van der Waals surface area contributed by atoms with Crippen LogP contribution in [0.1, 0.15) is 24.1 Å². The van der Waals surface area contributed by atoms with Gasteiger partial charge in [0, 0.05) is 5.02 Å². The minimum atomic E-state index is -3.91. The first-order valence-corrected chi connectivity index (χ1v) is 11.4. The number of rotatable bonds is 8. The smallest absolute Gasteiger partial charge is 0.241 e. The molecule has 0 bridgehead atoms. The van der Waals surface area contributed by atoms with Crippen LogP contribution in [0, 0.1) is 0 Å². The number of hydrogen-bond donors (Lipinski definition) is 2. The number of nitrogens with one attached hydrogen (secondary N) is 2. The second kappa shape index (κ2) is 9.89. The predicted octanol–water partition coefficient (Wildman–Crippen LogP) is 4.11. The third-order valence-corrected chi connectivity index (χ3v) is 6.42. The van der Waals surface area contributed by atoms with Crippen molar-refractivity contribution in [3.63, 3.8) is 0 Å². The molecule has 0 aliphatic carbocycles. The van der Waals surface area contributed by atoms with Gasteiger partial charge in [0.2, 0.25) is 15.9 Å². The number of carbonyl (C=O) groups excluding carboxylic acids is 1. The molecule has 0 fully saturated rings. The summed E-state index contributed by atoms with van der Waals surface area (Å²) in [7, 11) is -3.91. The Morgan fingerprint density at radius 1 is 0.900 bits per heavy atom. The molecule has 0 heterocycles. The molecule has 0 saturated carbocycles. The normalized spacial score (nSPS) is 13.4. The van der Waals surface area contributed by atoms with Crippen LogP contribution in [0.5, 0.6) is 0 Å². The fourth-order valence-corrected chi connectivity index (χ4v) is 4.37. The number of amides is 1. The lowest BCUT2D eigenvalue weighted by atomic mass is 10.0. The molecule has 156 valence electrons. The van der Waals surface area contributed by atoms with E-state index in [9.17, 15) is 13.2 Å². The Morgan fingerprint density at radius 3 is 2.07 bits per heavy atom. The van der Waals surface area contributed by atoms with Crippen LogP contribution in [0.15, 0.2) is 89.8 Å². The third kappa shape index (κ3) is 5.92. The average molecular weight is 443 g/mol. The molecule has 0 saturated heterocycles. The van der Waals surface area contributed by atoms with Crippen molar-refractivity contribution >= 4 is 27.5 Å². The Hall–Kier alpha value is -2.67. The van der Waals surface area contributed by atoms with Crippen molar-refractivity contribution in [2.24, 2.45) is 0 Å². The minimum absolute atomic E-state index is 0.0499. The Balaban J connectivity index is 1.82. The van der Waals surface area contributed by atoms with E-state index in [-0.39, 0.29) is 17.4 Å². The molecule has 0 aliphatic heterocycles. The van der Waals surface area contributed by atoms with Crippen LogP contribution in [0.25, 0.3) is 0 Å². The van der Waals surface area contributed by atoms with Gasteiger partial charge in [-0.1, -0.05) is 72.3 Å². The molecule has 7 heteroatoms. The maximum absolute atomic E-state index is 13.0. The average Bonchev–Trinajstić information content (AvgIpc) is 2.74. The minimum Gasteiger partial charge on any atom is -0.348 e. The number of sulfonamides is 1. The predicted molar refractivity (Wildman–Crippen MR) is 119 cm³/mol. The first-order valence-electron chi connectivity index (χ1n) is 9.52. The van der Waals surface area contributed by atoms with E-state index in [1.807, 2.05) is 67.6 Å². The highest BCUT2D eigenvalue weighted by Gasteiger charge is 2.27. The van der Waals surface area contributed by atoms with Gasteiger partial charge < -0.3 is 5.32 Å². The summed E-state index contributed by atoms with van der Waals surface area (Å²) < 4.78 is 28.3. The van der Waals surface area contributed by atoms with Crippen LogP contribution in [0.4, 0.5) is 0 Å². The SMILES string of the molecule is C[C@H](NC(=O)[C@@H](Cc1ccccc1)NS(=O)(=O)c1ccc(Cl)cc1)c1ccccc1. The van der Waals surface area contributed by atoms with Crippen LogP contribution in [0.3, 0.4) is 0 Å². The third-order valence-electron chi connectivity index (χ3n) is 4.68. The van der Waals surface area contributed by atoms with E-state index in [2.05, 4.69) is 10.0 Å². The van der Waals surface area contributed by atoms with Gasteiger partial charge >= 0.3 is 0 Å². The van der Waals surface area contributed by atoms with Crippen molar-refractivity contribution in [3.05, 3.63) is 101 Å². The summed E-state index contributed by atoms with van der Waals surface area (Å²) in [5, 5.41) is 3.35. The molecule has 5 nitrogen and oxygen atoms in total. The Morgan fingerprint density at radius 2 is 1.47 bits per heavy atom. The molecule has 0 unspecified atom stereocenters. The van der Waals surface area contributed by atoms with Crippen LogP contribution >= 0.6 is 11.6 Å². The van der Waals surface area contributed by atoms with Crippen molar-refractivity contribution in [3.8, 4) is 0 Å². The van der Waals surface area contributed by atoms with E-state index in [1.165, 1.54) is 24.3 Å². The van der Waals surface area contributed by atoms with Crippen LogP contribution < -0.4 is 10.0 Å². The van der Waals surface area contributed by atoms with Crippen molar-refractivity contribution in [1.29, 1.82) is 0 Å². The van der Waals surface area contributed by atoms with Gasteiger partial charge in [-0.15, -0.1) is 0 Å². The number of halogens is 1. The fourth-order valence-electron chi connectivity index (χ4n) is 3.05. The van der Waals surface area contributed by atoms with Crippen molar-refractivity contribution in [1.82, 2.24) is 10.0 Å². The van der Waals surface area contributed by atoms with Gasteiger partial charge in [-0.25, -0.2) is 8.42 Å². The van der Waals surface area contributed by atoms with Gasteiger partial charge in [0.05, 0.1) is 10.9 Å². The number of benzene rings is 3. The quantitative estimate of drug-likeness (QED) is 0.551. The zero-order chi connectivity index (χ0) is 21.6. The van der Waals surface area contributed by atoms with Crippen LogP contribution in [0.2, 0.25) is 5.02 Å². The molecule has 3 aromatic carbocycles. The van der Waals surface area contributed by atoms with Crippen molar-refractivity contribution in [2.75, 3.05) is 0 Å². The summed E-state index contributed by atoms with van der Waals surface area (Å²) in [6.07, 6.45) is 0.223. The molecule has 0 aromatic heterocycles. The molecule has 30 heavy (non-hydrogen) atoms. The summed E-state index contributed by atoms with van der Waals surface area (Å²) in [5.74, 6) is -0.396. The molecule has 0 spiro atoms. The van der Waals surface area contributed by atoms with E-state index in [0.29, 0.717) is 5.02 Å². The Bertz CT molecular complexity index is 1070. The van der Waals surface area contributed by atoms with Gasteiger partial charge in [-0.3, -0.25) is 4.79 Å². The zero-order valence-corrected chi connectivity index (χ0v) is 18.0. The van der Waals surface area contributed by atoms with E-state index in [0.717, 1.165) is 11.1 Å². The lowest BCUT2D eigenvalue weighted by molar-refractivity contribution is -0.123. The van der Waals surface area contributed by atoms with Crippen molar-refractivity contribution in [2.45, 2.75) is 30.3 Å². The molecule has 1 amide bonds. The highest BCUT2D eigenvalue weighted by molar-refractivity contribution is 7.89. The van der Waals surface area contributed by atoms with Gasteiger partial charge in [-0.05, 0) is 48.7 Å². The van der Waals surface area contributed by atoms with E-state index in [1.54, 1.807) is 0 Å².